The maximum Gasteiger partial charge on any atom is 0.251 e. The van der Waals surface area contributed by atoms with Crippen LogP contribution in [-0.2, 0) is 0 Å². The molecule has 1 fully saturated rings. The summed E-state index contributed by atoms with van der Waals surface area (Å²) in [5.74, 6) is 1.16. The molecule has 1 aliphatic heterocycles. The van der Waals surface area contributed by atoms with Crippen LogP contribution in [0.1, 0.15) is 10.4 Å². The second-order valence-corrected chi connectivity index (χ2v) is 6.22. The first-order valence-electron chi connectivity index (χ1n) is 7.82. The van der Waals surface area contributed by atoms with Gasteiger partial charge < -0.3 is 20.5 Å². The van der Waals surface area contributed by atoms with Crippen LogP contribution < -0.4 is 15.4 Å². The zero-order valence-corrected chi connectivity index (χ0v) is 15.0. The molecule has 1 heterocycles. The molecule has 2 aromatic carbocycles. The lowest BCUT2D eigenvalue weighted by Gasteiger charge is -2.14. The Morgan fingerprint density at radius 3 is 2.60 bits per heavy atom. The van der Waals surface area contributed by atoms with Gasteiger partial charge in [-0.15, -0.1) is 12.4 Å². The van der Waals surface area contributed by atoms with Crippen molar-refractivity contribution in [2.45, 2.75) is 6.10 Å². The van der Waals surface area contributed by atoms with Crippen molar-refractivity contribution < 1.29 is 14.6 Å². The van der Waals surface area contributed by atoms with Gasteiger partial charge in [-0.3, -0.25) is 4.79 Å². The molecule has 0 saturated carbocycles. The minimum Gasteiger partial charge on any atom is -0.457 e. The fraction of sp³-hybridized carbons (Fsp3) is 0.278. The quantitative estimate of drug-likeness (QED) is 0.743. The van der Waals surface area contributed by atoms with Crippen molar-refractivity contribution in [2.24, 2.45) is 5.92 Å². The van der Waals surface area contributed by atoms with Gasteiger partial charge in [0, 0.05) is 36.1 Å². The molecule has 2 unspecified atom stereocenters. The molecule has 2 aromatic rings. The van der Waals surface area contributed by atoms with Crippen LogP contribution in [0.15, 0.2) is 48.5 Å². The highest BCUT2D eigenvalue weighted by Gasteiger charge is 2.25. The first-order valence-corrected chi connectivity index (χ1v) is 8.20. The Kier molecular flexibility index (Phi) is 7.08. The zero-order chi connectivity index (χ0) is 16.9. The fourth-order valence-electron chi connectivity index (χ4n) is 2.59. The van der Waals surface area contributed by atoms with E-state index in [9.17, 15) is 9.90 Å². The van der Waals surface area contributed by atoms with Crippen molar-refractivity contribution in [3.63, 3.8) is 0 Å². The number of aliphatic hydroxyl groups is 1. The maximum atomic E-state index is 12.2. The van der Waals surface area contributed by atoms with E-state index < -0.39 is 6.10 Å². The number of carbonyl (C=O) groups is 1. The molecule has 3 N–H and O–H groups in total. The number of amides is 1. The van der Waals surface area contributed by atoms with Crippen LogP contribution in [0.4, 0.5) is 0 Å². The minimum atomic E-state index is -0.404. The van der Waals surface area contributed by atoms with E-state index in [1.807, 2.05) is 12.1 Å². The molecule has 25 heavy (non-hydrogen) atoms. The van der Waals surface area contributed by atoms with Gasteiger partial charge in [-0.1, -0.05) is 17.7 Å². The summed E-state index contributed by atoms with van der Waals surface area (Å²) in [6, 6.07) is 14.0. The Labute approximate surface area is 157 Å². The standard InChI is InChI=1S/C18H19ClN2O3.ClH/c19-14-2-1-3-16(8-14)24-15-6-4-12(5-7-15)18(23)21-10-13-9-20-11-17(13)22;/h1-8,13,17,20,22H,9-11H2,(H,21,23);1H. The highest BCUT2D eigenvalue weighted by atomic mass is 35.5. The zero-order valence-electron chi connectivity index (χ0n) is 13.4. The van der Waals surface area contributed by atoms with Gasteiger partial charge in [-0.05, 0) is 42.5 Å². The van der Waals surface area contributed by atoms with E-state index in [0.29, 0.717) is 41.7 Å². The highest BCUT2D eigenvalue weighted by molar-refractivity contribution is 6.30. The Morgan fingerprint density at radius 2 is 1.96 bits per heavy atom. The number of rotatable bonds is 5. The molecule has 1 saturated heterocycles. The summed E-state index contributed by atoms with van der Waals surface area (Å²) < 4.78 is 5.69. The Hall–Kier alpha value is -1.79. The number of benzene rings is 2. The van der Waals surface area contributed by atoms with Crippen molar-refractivity contribution >= 4 is 29.9 Å². The van der Waals surface area contributed by atoms with E-state index in [0.717, 1.165) is 0 Å². The summed E-state index contributed by atoms with van der Waals surface area (Å²) in [5, 5.41) is 16.3. The molecule has 0 aliphatic carbocycles. The fourth-order valence-corrected chi connectivity index (χ4v) is 2.77. The first-order chi connectivity index (χ1) is 11.6. The highest BCUT2D eigenvalue weighted by Crippen LogP contribution is 2.24. The number of nitrogens with one attached hydrogen (secondary N) is 2. The SMILES string of the molecule is Cl.O=C(NCC1CNCC1O)c1ccc(Oc2cccc(Cl)c2)cc1. The number of hydrogen-bond acceptors (Lipinski definition) is 4. The molecule has 1 aliphatic rings. The van der Waals surface area contributed by atoms with Crippen LogP contribution in [0.5, 0.6) is 11.5 Å². The van der Waals surface area contributed by atoms with E-state index in [2.05, 4.69) is 10.6 Å². The van der Waals surface area contributed by atoms with Crippen molar-refractivity contribution in [3.8, 4) is 11.5 Å². The minimum absolute atomic E-state index is 0. The Balaban J connectivity index is 0.00000225. The van der Waals surface area contributed by atoms with Crippen LogP contribution in [-0.4, -0.2) is 36.8 Å². The number of β-amino-alcohol motifs (C(OH)–C–C–N with tert-alkyl or cyclic N) is 1. The van der Waals surface area contributed by atoms with E-state index in [1.165, 1.54) is 0 Å². The summed E-state index contributed by atoms with van der Waals surface area (Å²) in [6.07, 6.45) is -0.404. The van der Waals surface area contributed by atoms with Gasteiger partial charge in [0.25, 0.3) is 5.91 Å². The molecule has 1 amide bonds. The largest absolute Gasteiger partial charge is 0.457 e. The molecule has 134 valence electrons. The molecular formula is C18H20Cl2N2O3. The van der Waals surface area contributed by atoms with Crippen LogP contribution in [0.25, 0.3) is 0 Å². The topological polar surface area (TPSA) is 70.6 Å². The van der Waals surface area contributed by atoms with Crippen LogP contribution >= 0.6 is 24.0 Å². The van der Waals surface area contributed by atoms with Gasteiger partial charge in [0.15, 0.2) is 0 Å². The summed E-state index contributed by atoms with van der Waals surface area (Å²) in [6.45, 7) is 1.75. The molecular weight excluding hydrogens is 363 g/mol. The third-order valence-electron chi connectivity index (χ3n) is 3.98. The van der Waals surface area contributed by atoms with Gasteiger partial charge in [0.1, 0.15) is 11.5 Å². The van der Waals surface area contributed by atoms with Crippen molar-refractivity contribution in [1.82, 2.24) is 10.6 Å². The molecule has 3 rings (SSSR count). The average Bonchev–Trinajstić information content (AvgIpc) is 2.98. The molecule has 2 atom stereocenters. The second kappa shape index (κ2) is 9.06. The second-order valence-electron chi connectivity index (χ2n) is 5.78. The van der Waals surface area contributed by atoms with E-state index in [-0.39, 0.29) is 24.2 Å². The molecule has 5 nitrogen and oxygen atoms in total. The maximum absolute atomic E-state index is 12.2. The van der Waals surface area contributed by atoms with Crippen LogP contribution in [0.3, 0.4) is 0 Å². The number of hydrogen-bond donors (Lipinski definition) is 3. The Morgan fingerprint density at radius 1 is 1.20 bits per heavy atom. The van der Waals surface area contributed by atoms with Crippen LogP contribution in [0, 0.1) is 5.92 Å². The average molecular weight is 383 g/mol. The van der Waals surface area contributed by atoms with Gasteiger partial charge >= 0.3 is 0 Å². The number of carbonyl (C=O) groups excluding carboxylic acids is 1. The smallest absolute Gasteiger partial charge is 0.251 e. The van der Waals surface area contributed by atoms with Crippen molar-refractivity contribution in [3.05, 3.63) is 59.1 Å². The van der Waals surface area contributed by atoms with Gasteiger partial charge in [0.05, 0.1) is 6.10 Å². The molecule has 0 aromatic heterocycles. The van der Waals surface area contributed by atoms with Crippen molar-refractivity contribution in [1.29, 1.82) is 0 Å². The summed E-state index contributed by atoms with van der Waals surface area (Å²) in [4.78, 5) is 12.2. The number of aliphatic hydroxyl groups excluding tert-OH is 1. The van der Waals surface area contributed by atoms with Gasteiger partial charge in [0.2, 0.25) is 0 Å². The summed E-state index contributed by atoms with van der Waals surface area (Å²) >= 11 is 5.92. The van der Waals surface area contributed by atoms with Crippen molar-refractivity contribution in [2.75, 3.05) is 19.6 Å². The number of halogens is 2. The predicted octanol–water partition coefficient (Wildman–Crippen LogP) is 2.86. The third-order valence-corrected chi connectivity index (χ3v) is 4.21. The van der Waals surface area contributed by atoms with E-state index in [4.69, 9.17) is 16.3 Å². The summed E-state index contributed by atoms with van der Waals surface area (Å²) in [5.41, 5.74) is 0.550. The predicted molar refractivity (Wildman–Crippen MR) is 99.9 cm³/mol. The molecule has 0 spiro atoms. The van der Waals surface area contributed by atoms with Crippen LogP contribution in [0.2, 0.25) is 5.02 Å². The monoisotopic (exact) mass is 382 g/mol. The van der Waals surface area contributed by atoms with E-state index >= 15 is 0 Å². The van der Waals surface area contributed by atoms with Gasteiger partial charge in [-0.25, -0.2) is 0 Å². The van der Waals surface area contributed by atoms with Gasteiger partial charge in [-0.2, -0.15) is 0 Å². The summed E-state index contributed by atoms with van der Waals surface area (Å²) in [7, 11) is 0. The molecule has 0 radical (unpaired) electrons. The normalized spacial score (nSPS) is 19.1. The lowest BCUT2D eigenvalue weighted by Crippen LogP contribution is -2.34. The lowest BCUT2D eigenvalue weighted by atomic mass is 10.1. The molecule has 0 bridgehead atoms. The van der Waals surface area contributed by atoms with E-state index in [1.54, 1.807) is 36.4 Å². The third kappa shape index (κ3) is 5.34. The lowest BCUT2D eigenvalue weighted by molar-refractivity contribution is 0.0927. The molecule has 7 heteroatoms. The first kappa shape index (κ1) is 19.5. The Bertz CT molecular complexity index is 710. The number of ether oxygens (including phenoxy) is 1.